The SMILES string of the molecule is CC(C)(C)OC(=O)N[C@H](CCc1ncc(-c2ccc3cnc(F)cc3c2)s1)Cc1ccc(C(F)(F)F)cc1. The van der Waals surface area contributed by atoms with Crippen molar-refractivity contribution in [2.75, 3.05) is 0 Å². The van der Waals surface area contributed by atoms with E-state index in [2.05, 4.69) is 15.3 Å². The number of fused-ring (bicyclic) bond motifs is 1. The van der Waals surface area contributed by atoms with E-state index in [0.29, 0.717) is 24.8 Å². The third-order valence-electron chi connectivity index (χ3n) is 5.72. The van der Waals surface area contributed by atoms with Crippen LogP contribution in [-0.2, 0) is 23.8 Å². The van der Waals surface area contributed by atoms with Gasteiger partial charge in [0.1, 0.15) is 5.60 Å². The van der Waals surface area contributed by atoms with Crippen LogP contribution in [0.1, 0.15) is 43.3 Å². The van der Waals surface area contributed by atoms with Gasteiger partial charge in [0.15, 0.2) is 0 Å². The van der Waals surface area contributed by atoms with Gasteiger partial charge in [-0.05, 0) is 68.3 Å². The van der Waals surface area contributed by atoms with Crippen molar-refractivity contribution in [2.24, 2.45) is 0 Å². The van der Waals surface area contributed by atoms with Crippen molar-refractivity contribution in [1.29, 1.82) is 0 Å². The van der Waals surface area contributed by atoms with Crippen molar-refractivity contribution < 1.29 is 27.1 Å². The van der Waals surface area contributed by atoms with Crippen LogP contribution in [0.15, 0.2) is 60.9 Å². The molecule has 5 nitrogen and oxygen atoms in total. The highest BCUT2D eigenvalue weighted by atomic mass is 32.1. The van der Waals surface area contributed by atoms with Gasteiger partial charge < -0.3 is 10.1 Å². The van der Waals surface area contributed by atoms with E-state index in [4.69, 9.17) is 4.74 Å². The first-order chi connectivity index (χ1) is 17.9. The summed E-state index contributed by atoms with van der Waals surface area (Å²) in [5.74, 6) is -0.545. The number of pyridine rings is 1. The lowest BCUT2D eigenvalue weighted by atomic mass is 10.0. The van der Waals surface area contributed by atoms with E-state index in [1.807, 2.05) is 18.2 Å². The number of amides is 1. The second-order valence-electron chi connectivity index (χ2n) is 9.97. The van der Waals surface area contributed by atoms with Gasteiger partial charge in [0, 0.05) is 36.3 Å². The number of carbonyl (C=O) groups excluding carboxylic acids is 1. The van der Waals surface area contributed by atoms with Gasteiger partial charge in [0.2, 0.25) is 5.95 Å². The van der Waals surface area contributed by atoms with E-state index >= 15 is 0 Å². The zero-order chi connectivity index (χ0) is 27.5. The third kappa shape index (κ3) is 7.50. The van der Waals surface area contributed by atoms with Crippen LogP contribution in [0.4, 0.5) is 22.4 Å². The molecule has 0 unspecified atom stereocenters. The van der Waals surface area contributed by atoms with E-state index in [1.54, 1.807) is 27.0 Å². The van der Waals surface area contributed by atoms with Crippen LogP contribution >= 0.6 is 11.3 Å². The number of alkyl halides is 3. The molecule has 1 N–H and O–H groups in total. The highest BCUT2D eigenvalue weighted by Gasteiger charge is 2.30. The minimum atomic E-state index is -4.41. The fourth-order valence-electron chi connectivity index (χ4n) is 3.94. The molecular formula is C28H27F4N3O2S. The van der Waals surface area contributed by atoms with Gasteiger partial charge >= 0.3 is 12.3 Å². The number of thiazole rings is 1. The summed E-state index contributed by atoms with van der Waals surface area (Å²) in [6, 6.07) is 11.6. The smallest absolute Gasteiger partial charge is 0.416 e. The molecule has 0 aliphatic heterocycles. The second kappa shape index (κ2) is 11.1. The van der Waals surface area contributed by atoms with Gasteiger partial charge in [-0.3, -0.25) is 0 Å². The number of hydrogen-bond acceptors (Lipinski definition) is 5. The molecule has 0 saturated heterocycles. The topological polar surface area (TPSA) is 64.1 Å². The van der Waals surface area contributed by atoms with E-state index < -0.39 is 29.4 Å². The molecule has 2 aromatic carbocycles. The van der Waals surface area contributed by atoms with Crippen molar-refractivity contribution in [3.05, 3.63) is 83.0 Å². The first-order valence-corrected chi connectivity index (χ1v) is 12.8. The molecule has 2 aromatic heterocycles. The summed E-state index contributed by atoms with van der Waals surface area (Å²) < 4.78 is 57.8. The number of carbonyl (C=O) groups is 1. The summed E-state index contributed by atoms with van der Waals surface area (Å²) >= 11 is 1.49. The van der Waals surface area contributed by atoms with E-state index in [1.165, 1.54) is 35.7 Å². The van der Waals surface area contributed by atoms with Crippen molar-refractivity contribution >= 4 is 28.2 Å². The number of aryl methyl sites for hydroxylation is 1. The number of nitrogens with one attached hydrogen (secondary N) is 1. The maximum Gasteiger partial charge on any atom is 0.416 e. The third-order valence-corrected chi connectivity index (χ3v) is 6.82. The van der Waals surface area contributed by atoms with Crippen LogP contribution in [0.2, 0.25) is 0 Å². The summed E-state index contributed by atoms with van der Waals surface area (Å²) in [6.07, 6.45) is -0.385. The Kier molecular flexibility index (Phi) is 8.01. The highest BCUT2D eigenvalue weighted by Crippen LogP contribution is 2.31. The number of rotatable bonds is 7. The zero-order valence-corrected chi connectivity index (χ0v) is 21.9. The van der Waals surface area contributed by atoms with E-state index in [-0.39, 0.29) is 6.04 Å². The minimum absolute atomic E-state index is 0.333. The minimum Gasteiger partial charge on any atom is -0.444 e. The standard InChI is InChI=1S/C28H27F4N3O2S/c1-27(2,3)37-26(36)35-22(12-17-4-8-21(9-5-17)28(30,31)32)10-11-25-34-16-23(38-25)18-6-7-19-15-33-24(29)14-20(19)13-18/h4-9,13-16,22H,10-12H2,1-3H3,(H,35,36)/t22-/m1/s1. The van der Waals surface area contributed by atoms with Gasteiger partial charge in [-0.25, -0.2) is 14.8 Å². The first kappa shape index (κ1) is 27.5. The molecule has 1 amide bonds. The molecule has 0 aliphatic rings. The predicted molar refractivity (Wildman–Crippen MR) is 139 cm³/mol. The van der Waals surface area contributed by atoms with Crippen LogP contribution in [0.5, 0.6) is 0 Å². The monoisotopic (exact) mass is 545 g/mol. The lowest BCUT2D eigenvalue weighted by Gasteiger charge is -2.24. The lowest BCUT2D eigenvalue weighted by molar-refractivity contribution is -0.137. The number of ether oxygens (including phenoxy) is 1. The molecule has 0 spiro atoms. The molecule has 200 valence electrons. The molecule has 38 heavy (non-hydrogen) atoms. The average Bonchev–Trinajstić information content (AvgIpc) is 3.30. The second-order valence-corrected chi connectivity index (χ2v) is 11.1. The Morgan fingerprint density at radius 1 is 1.00 bits per heavy atom. The molecule has 1 atom stereocenters. The molecule has 2 heterocycles. The number of benzene rings is 2. The summed E-state index contributed by atoms with van der Waals surface area (Å²) in [5.41, 5.74) is 0.157. The predicted octanol–water partition coefficient (Wildman–Crippen LogP) is 7.58. The molecule has 4 rings (SSSR count). The Morgan fingerprint density at radius 3 is 2.42 bits per heavy atom. The van der Waals surface area contributed by atoms with Crippen LogP contribution < -0.4 is 5.32 Å². The summed E-state index contributed by atoms with van der Waals surface area (Å²) in [6.45, 7) is 5.27. The van der Waals surface area contributed by atoms with Gasteiger partial charge in [-0.15, -0.1) is 11.3 Å². The fraction of sp³-hybridized carbons (Fsp3) is 0.321. The van der Waals surface area contributed by atoms with Crippen LogP contribution in [0, 0.1) is 5.95 Å². The van der Waals surface area contributed by atoms with Crippen molar-refractivity contribution in [3.63, 3.8) is 0 Å². The number of alkyl carbamates (subject to hydrolysis) is 1. The maximum absolute atomic E-state index is 13.6. The first-order valence-electron chi connectivity index (χ1n) is 12.0. The number of hydrogen-bond donors (Lipinski definition) is 1. The van der Waals surface area contributed by atoms with Crippen molar-refractivity contribution in [3.8, 4) is 10.4 Å². The summed E-state index contributed by atoms with van der Waals surface area (Å²) in [7, 11) is 0. The van der Waals surface area contributed by atoms with Gasteiger partial charge in [-0.1, -0.05) is 24.3 Å². The van der Waals surface area contributed by atoms with Crippen LogP contribution in [0.25, 0.3) is 21.2 Å². The Hall–Kier alpha value is -3.53. The number of halogens is 4. The summed E-state index contributed by atoms with van der Waals surface area (Å²) in [4.78, 5) is 21.5. The average molecular weight is 546 g/mol. The maximum atomic E-state index is 13.6. The Balaban J connectivity index is 1.47. The largest absolute Gasteiger partial charge is 0.444 e. The van der Waals surface area contributed by atoms with Crippen LogP contribution in [-0.4, -0.2) is 27.7 Å². The molecule has 0 aliphatic carbocycles. The van der Waals surface area contributed by atoms with Crippen molar-refractivity contribution in [1.82, 2.24) is 15.3 Å². The van der Waals surface area contributed by atoms with Crippen LogP contribution in [0.3, 0.4) is 0 Å². The molecule has 0 fully saturated rings. The Morgan fingerprint density at radius 2 is 1.74 bits per heavy atom. The van der Waals surface area contributed by atoms with Gasteiger partial charge in [0.05, 0.1) is 15.4 Å². The molecule has 0 saturated carbocycles. The quantitative estimate of drug-likeness (QED) is 0.192. The van der Waals surface area contributed by atoms with E-state index in [0.717, 1.165) is 38.4 Å². The lowest BCUT2D eigenvalue weighted by Crippen LogP contribution is -2.40. The Labute approximate surface area is 221 Å². The van der Waals surface area contributed by atoms with E-state index in [9.17, 15) is 22.4 Å². The Bertz CT molecular complexity index is 1410. The zero-order valence-electron chi connectivity index (χ0n) is 21.1. The van der Waals surface area contributed by atoms with Gasteiger partial charge in [-0.2, -0.15) is 17.6 Å². The molecular weight excluding hydrogens is 518 g/mol. The molecule has 0 radical (unpaired) electrons. The molecule has 10 heteroatoms. The van der Waals surface area contributed by atoms with Gasteiger partial charge in [0.25, 0.3) is 0 Å². The molecule has 0 bridgehead atoms. The highest BCUT2D eigenvalue weighted by molar-refractivity contribution is 7.15. The summed E-state index contributed by atoms with van der Waals surface area (Å²) in [5, 5.41) is 5.26. The molecule has 4 aromatic rings. The van der Waals surface area contributed by atoms with Crippen molar-refractivity contribution in [2.45, 2.75) is 57.9 Å². The number of nitrogens with zero attached hydrogens (tertiary/aromatic N) is 2. The normalized spacial score (nSPS) is 12.9. The number of aromatic nitrogens is 2. The fourth-order valence-corrected chi connectivity index (χ4v) is 4.87.